The Bertz CT molecular complexity index is 1280. The molecule has 0 saturated carbocycles. The summed E-state index contributed by atoms with van der Waals surface area (Å²) in [4.78, 5) is 21.9. The third-order valence-corrected chi connectivity index (χ3v) is 6.19. The molecule has 0 atom stereocenters. The van der Waals surface area contributed by atoms with E-state index in [1.54, 1.807) is 55.5 Å². The molecule has 4 aromatic heterocycles. The van der Waals surface area contributed by atoms with Crippen LogP contribution >= 0.6 is 0 Å². The van der Waals surface area contributed by atoms with Crippen LogP contribution < -0.4 is 0 Å². The van der Waals surface area contributed by atoms with Crippen molar-refractivity contribution >= 4 is 21.0 Å². The van der Waals surface area contributed by atoms with Crippen LogP contribution in [0, 0.1) is 6.92 Å². The van der Waals surface area contributed by atoms with Gasteiger partial charge in [-0.25, -0.2) is 28.4 Å². The average Bonchev–Trinajstić information content (AvgIpc) is 3.03. The highest BCUT2D eigenvalue weighted by atomic mass is 32.2. The normalized spacial score (nSPS) is 11.8. The molecule has 0 radical (unpaired) electrons. The molecular formula is C19H18N6O2S. The Morgan fingerprint density at radius 2 is 1.79 bits per heavy atom. The Labute approximate surface area is 162 Å². The van der Waals surface area contributed by atoms with Gasteiger partial charge < -0.3 is 4.57 Å². The molecule has 0 aliphatic heterocycles. The predicted molar refractivity (Wildman–Crippen MR) is 105 cm³/mol. The van der Waals surface area contributed by atoms with Crippen LogP contribution in [0.1, 0.15) is 12.5 Å². The van der Waals surface area contributed by atoms with Crippen molar-refractivity contribution in [2.24, 2.45) is 7.05 Å². The zero-order valence-corrected chi connectivity index (χ0v) is 16.5. The molecule has 0 unspecified atom stereocenters. The maximum atomic E-state index is 12.8. The van der Waals surface area contributed by atoms with Crippen molar-refractivity contribution in [3.8, 4) is 22.9 Å². The van der Waals surface area contributed by atoms with Crippen LogP contribution in [0.2, 0.25) is 0 Å². The molecule has 0 saturated heterocycles. The van der Waals surface area contributed by atoms with Crippen LogP contribution in [0.4, 0.5) is 0 Å². The molecule has 4 aromatic rings. The molecular weight excluding hydrogens is 376 g/mol. The Kier molecular flexibility index (Phi) is 4.38. The number of hydrogen-bond acceptors (Lipinski definition) is 7. The highest BCUT2D eigenvalue weighted by Gasteiger charge is 2.24. The van der Waals surface area contributed by atoms with Gasteiger partial charge in [-0.15, -0.1) is 0 Å². The molecule has 0 bridgehead atoms. The number of nitrogens with zero attached hydrogens (tertiary/aromatic N) is 6. The van der Waals surface area contributed by atoms with E-state index in [-0.39, 0.29) is 10.6 Å². The van der Waals surface area contributed by atoms with E-state index in [0.29, 0.717) is 34.1 Å². The molecule has 4 rings (SSSR count). The molecule has 0 aromatic carbocycles. The number of fused-ring (bicyclic) bond motifs is 1. The topological polar surface area (TPSA) is 104 Å². The van der Waals surface area contributed by atoms with Gasteiger partial charge in [0.05, 0.1) is 10.6 Å². The van der Waals surface area contributed by atoms with Crippen molar-refractivity contribution in [3.63, 3.8) is 0 Å². The minimum atomic E-state index is -3.56. The number of hydrogen-bond donors (Lipinski definition) is 0. The molecule has 4 heterocycles. The summed E-state index contributed by atoms with van der Waals surface area (Å²) in [5, 5.41) is 0. The molecule has 0 N–H and O–H groups in total. The van der Waals surface area contributed by atoms with Crippen LogP contribution in [0.3, 0.4) is 0 Å². The van der Waals surface area contributed by atoms with Crippen LogP contribution in [-0.4, -0.2) is 43.7 Å². The van der Waals surface area contributed by atoms with Gasteiger partial charge in [0.1, 0.15) is 11.2 Å². The Balaban J connectivity index is 1.98. The summed E-state index contributed by atoms with van der Waals surface area (Å²) in [6, 6.07) is 5.17. The van der Waals surface area contributed by atoms with Gasteiger partial charge in [-0.3, -0.25) is 4.98 Å². The van der Waals surface area contributed by atoms with E-state index in [2.05, 4.69) is 24.9 Å². The van der Waals surface area contributed by atoms with E-state index >= 15 is 0 Å². The zero-order chi connectivity index (χ0) is 19.9. The maximum Gasteiger partial charge on any atom is 0.180 e. The molecule has 0 spiro atoms. The summed E-state index contributed by atoms with van der Waals surface area (Å²) < 4.78 is 27.4. The van der Waals surface area contributed by atoms with Crippen molar-refractivity contribution in [3.05, 3.63) is 48.5 Å². The SMILES string of the molecule is CCS(=O)(=O)c1cc(-c2ncccn2)cnc1-c1nc2cc(C)cnc2n1C. The summed E-state index contributed by atoms with van der Waals surface area (Å²) in [7, 11) is -1.76. The molecule has 0 aliphatic rings. The summed E-state index contributed by atoms with van der Waals surface area (Å²) >= 11 is 0. The average molecular weight is 394 g/mol. The first kappa shape index (κ1) is 18.2. The maximum absolute atomic E-state index is 12.8. The Morgan fingerprint density at radius 3 is 2.50 bits per heavy atom. The second-order valence-electron chi connectivity index (χ2n) is 6.40. The number of aromatic nitrogens is 6. The summed E-state index contributed by atoms with van der Waals surface area (Å²) in [5.41, 5.74) is 3.15. The second kappa shape index (κ2) is 6.75. The lowest BCUT2D eigenvalue weighted by Crippen LogP contribution is -2.09. The van der Waals surface area contributed by atoms with Crippen LogP contribution in [0.15, 0.2) is 47.9 Å². The first-order valence-electron chi connectivity index (χ1n) is 8.70. The monoisotopic (exact) mass is 394 g/mol. The summed E-state index contributed by atoms with van der Waals surface area (Å²) in [5.74, 6) is 0.805. The minimum absolute atomic E-state index is 0.0535. The zero-order valence-electron chi connectivity index (χ0n) is 15.7. The number of imidazole rings is 1. The van der Waals surface area contributed by atoms with E-state index in [4.69, 9.17) is 0 Å². The molecule has 9 heteroatoms. The van der Waals surface area contributed by atoms with Crippen molar-refractivity contribution in [2.45, 2.75) is 18.7 Å². The summed E-state index contributed by atoms with van der Waals surface area (Å²) in [6.07, 6.45) is 6.52. The standard InChI is InChI=1S/C19H18N6O2S/c1-4-28(26,27)15-9-13(17-20-6-5-7-21-17)11-22-16(15)19-24-14-8-12(2)10-23-18(14)25(19)3/h5-11H,4H2,1-3H3. The quantitative estimate of drug-likeness (QED) is 0.524. The fourth-order valence-corrected chi connectivity index (χ4v) is 4.02. The van der Waals surface area contributed by atoms with Crippen LogP contribution in [-0.2, 0) is 16.9 Å². The van der Waals surface area contributed by atoms with Gasteiger partial charge in [-0.05, 0) is 30.7 Å². The molecule has 142 valence electrons. The highest BCUT2D eigenvalue weighted by Crippen LogP contribution is 2.30. The van der Waals surface area contributed by atoms with Crippen molar-refractivity contribution in [2.75, 3.05) is 5.75 Å². The number of sulfone groups is 1. The molecule has 28 heavy (non-hydrogen) atoms. The number of aryl methyl sites for hydroxylation is 2. The Hall–Kier alpha value is -3.20. The second-order valence-corrected chi connectivity index (χ2v) is 8.64. The van der Waals surface area contributed by atoms with E-state index in [0.717, 1.165) is 5.56 Å². The van der Waals surface area contributed by atoms with E-state index < -0.39 is 9.84 Å². The predicted octanol–water partition coefficient (Wildman–Crippen LogP) is 2.59. The van der Waals surface area contributed by atoms with Crippen LogP contribution in [0.25, 0.3) is 34.1 Å². The van der Waals surface area contributed by atoms with Gasteiger partial charge in [-0.1, -0.05) is 6.92 Å². The molecule has 0 amide bonds. The fraction of sp³-hybridized carbons (Fsp3) is 0.211. The van der Waals surface area contributed by atoms with Crippen molar-refractivity contribution in [1.82, 2.24) is 29.5 Å². The largest absolute Gasteiger partial charge is 0.310 e. The first-order valence-corrected chi connectivity index (χ1v) is 10.4. The molecule has 0 fully saturated rings. The lowest BCUT2D eigenvalue weighted by atomic mass is 10.2. The molecule has 0 aliphatic carbocycles. The third kappa shape index (κ3) is 3.03. The number of rotatable bonds is 4. The van der Waals surface area contributed by atoms with Crippen molar-refractivity contribution in [1.29, 1.82) is 0 Å². The third-order valence-electron chi connectivity index (χ3n) is 4.45. The summed E-state index contributed by atoms with van der Waals surface area (Å²) in [6.45, 7) is 3.53. The van der Waals surface area contributed by atoms with E-state index in [1.807, 2.05) is 13.0 Å². The molecule has 8 nitrogen and oxygen atoms in total. The number of pyridine rings is 2. The van der Waals surface area contributed by atoms with Gasteiger partial charge in [0.15, 0.2) is 27.1 Å². The lowest BCUT2D eigenvalue weighted by Gasteiger charge is -2.10. The highest BCUT2D eigenvalue weighted by molar-refractivity contribution is 7.91. The van der Waals surface area contributed by atoms with Gasteiger partial charge >= 0.3 is 0 Å². The first-order chi connectivity index (χ1) is 13.4. The lowest BCUT2D eigenvalue weighted by molar-refractivity contribution is 0.597. The van der Waals surface area contributed by atoms with E-state index in [1.165, 1.54) is 0 Å². The van der Waals surface area contributed by atoms with E-state index in [9.17, 15) is 8.42 Å². The fourth-order valence-electron chi connectivity index (χ4n) is 2.96. The van der Waals surface area contributed by atoms with Gasteiger partial charge in [0.25, 0.3) is 0 Å². The minimum Gasteiger partial charge on any atom is -0.310 e. The van der Waals surface area contributed by atoms with Gasteiger partial charge in [0.2, 0.25) is 0 Å². The van der Waals surface area contributed by atoms with Crippen LogP contribution in [0.5, 0.6) is 0 Å². The van der Waals surface area contributed by atoms with Crippen molar-refractivity contribution < 1.29 is 8.42 Å². The van der Waals surface area contributed by atoms with Gasteiger partial charge in [-0.2, -0.15) is 0 Å². The van der Waals surface area contributed by atoms with Gasteiger partial charge in [0, 0.05) is 37.4 Å². The smallest absolute Gasteiger partial charge is 0.180 e. The Morgan fingerprint density at radius 1 is 1.04 bits per heavy atom.